The van der Waals surface area contributed by atoms with E-state index in [2.05, 4.69) is 17.0 Å². The highest BCUT2D eigenvalue weighted by Gasteiger charge is 2.19. The van der Waals surface area contributed by atoms with Crippen LogP contribution in [0.2, 0.25) is 0 Å². The standard InChI is InChI=1S/C17H19N3O/c1-3-13-11-15(20(4-2)19-13)17(21)14-9-5-7-12-8-6-10-18-16(12)14/h5-11,17,21H,3-4H2,1-2H3. The molecule has 0 fully saturated rings. The van der Waals surface area contributed by atoms with Crippen LogP contribution in [0.5, 0.6) is 0 Å². The summed E-state index contributed by atoms with van der Waals surface area (Å²) in [4.78, 5) is 4.42. The Morgan fingerprint density at radius 1 is 1.19 bits per heavy atom. The van der Waals surface area contributed by atoms with Gasteiger partial charge in [0.05, 0.1) is 16.9 Å². The van der Waals surface area contributed by atoms with Gasteiger partial charge in [-0.1, -0.05) is 31.2 Å². The van der Waals surface area contributed by atoms with Crippen LogP contribution in [0.25, 0.3) is 10.9 Å². The number of aliphatic hydroxyl groups excluding tert-OH is 1. The van der Waals surface area contributed by atoms with Crippen molar-refractivity contribution in [3.8, 4) is 0 Å². The lowest BCUT2D eigenvalue weighted by molar-refractivity contribution is 0.209. The third-order valence-corrected chi connectivity index (χ3v) is 3.76. The van der Waals surface area contributed by atoms with Crippen LogP contribution in [-0.4, -0.2) is 19.9 Å². The van der Waals surface area contributed by atoms with Crippen molar-refractivity contribution in [2.24, 2.45) is 0 Å². The number of pyridine rings is 1. The first-order chi connectivity index (χ1) is 10.2. The molecule has 4 heteroatoms. The van der Waals surface area contributed by atoms with Gasteiger partial charge in [-0.15, -0.1) is 0 Å². The average molecular weight is 281 g/mol. The summed E-state index contributed by atoms with van der Waals surface area (Å²) in [5.41, 5.74) is 3.49. The summed E-state index contributed by atoms with van der Waals surface area (Å²) in [6.07, 6.45) is 1.91. The zero-order chi connectivity index (χ0) is 14.8. The van der Waals surface area contributed by atoms with Crippen LogP contribution in [0.3, 0.4) is 0 Å². The Kier molecular flexibility index (Phi) is 3.71. The second-order valence-corrected chi connectivity index (χ2v) is 5.05. The van der Waals surface area contributed by atoms with Crippen molar-refractivity contribution in [2.75, 3.05) is 0 Å². The topological polar surface area (TPSA) is 50.9 Å². The van der Waals surface area contributed by atoms with Crippen LogP contribution in [0.4, 0.5) is 0 Å². The predicted molar refractivity (Wildman–Crippen MR) is 83.1 cm³/mol. The van der Waals surface area contributed by atoms with Crippen molar-refractivity contribution < 1.29 is 5.11 Å². The number of aromatic nitrogens is 3. The molecule has 0 aliphatic carbocycles. The molecule has 1 unspecified atom stereocenters. The van der Waals surface area contributed by atoms with Gasteiger partial charge >= 0.3 is 0 Å². The van der Waals surface area contributed by atoms with Gasteiger partial charge in [-0.25, -0.2) is 0 Å². The van der Waals surface area contributed by atoms with E-state index in [0.29, 0.717) is 0 Å². The Bertz CT molecular complexity index is 758. The molecule has 2 heterocycles. The second-order valence-electron chi connectivity index (χ2n) is 5.05. The van der Waals surface area contributed by atoms with Crippen LogP contribution >= 0.6 is 0 Å². The van der Waals surface area contributed by atoms with Crippen LogP contribution < -0.4 is 0 Å². The lowest BCUT2D eigenvalue weighted by Crippen LogP contribution is -2.09. The van der Waals surface area contributed by atoms with E-state index >= 15 is 0 Å². The molecule has 4 nitrogen and oxygen atoms in total. The summed E-state index contributed by atoms with van der Waals surface area (Å²) in [5, 5.41) is 16.4. The molecule has 0 saturated heterocycles. The van der Waals surface area contributed by atoms with Crippen molar-refractivity contribution in [3.63, 3.8) is 0 Å². The number of aliphatic hydroxyl groups is 1. The molecule has 108 valence electrons. The number of fused-ring (bicyclic) bond motifs is 1. The normalized spacial score (nSPS) is 12.7. The quantitative estimate of drug-likeness (QED) is 0.799. The van der Waals surface area contributed by atoms with Crippen LogP contribution in [-0.2, 0) is 13.0 Å². The molecule has 0 aliphatic rings. The molecule has 1 aromatic carbocycles. The summed E-state index contributed by atoms with van der Waals surface area (Å²) in [6, 6.07) is 11.8. The molecule has 0 saturated carbocycles. The van der Waals surface area contributed by atoms with Crippen molar-refractivity contribution in [3.05, 3.63) is 59.5 Å². The van der Waals surface area contributed by atoms with Gasteiger partial charge in [0, 0.05) is 23.7 Å². The number of aryl methyl sites for hydroxylation is 2. The smallest absolute Gasteiger partial charge is 0.123 e. The van der Waals surface area contributed by atoms with Crippen molar-refractivity contribution in [2.45, 2.75) is 32.9 Å². The number of rotatable bonds is 4. The van der Waals surface area contributed by atoms with Gasteiger partial charge in [-0.3, -0.25) is 9.67 Å². The highest BCUT2D eigenvalue weighted by atomic mass is 16.3. The molecular formula is C17H19N3O. The number of hydrogen-bond acceptors (Lipinski definition) is 3. The largest absolute Gasteiger partial charge is 0.382 e. The van der Waals surface area contributed by atoms with E-state index in [9.17, 15) is 5.11 Å². The van der Waals surface area contributed by atoms with Gasteiger partial charge in [0.2, 0.25) is 0 Å². The van der Waals surface area contributed by atoms with Gasteiger partial charge in [-0.2, -0.15) is 5.10 Å². The average Bonchev–Trinajstić information content (AvgIpc) is 2.97. The molecule has 3 rings (SSSR count). The Morgan fingerprint density at radius 3 is 2.76 bits per heavy atom. The van der Waals surface area contributed by atoms with E-state index in [0.717, 1.165) is 40.8 Å². The summed E-state index contributed by atoms with van der Waals surface area (Å²) in [6.45, 7) is 4.84. The van der Waals surface area contributed by atoms with Crippen LogP contribution in [0, 0.1) is 0 Å². The fourth-order valence-electron chi connectivity index (χ4n) is 2.64. The Labute approximate surface area is 124 Å². The van der Waals surface area contributed by atoms with Crippen molar-refractivity contribution in [1.82, 2.24) is 14.8 Å². The maximum atomic E-state index is 10.8. The molecule has 1 atom stereocenters. The fraction of sp³-hybridized carbons (Fsp3) is 0.294. The highest BCUT2D eigenvalue weighted by molar-refractivity contribution is 5.82. The molecule has 2 aromatic heterocycles. The third kappa shape index (κ3) is 2.43. The number of hydrogen-bond donors (Lipinski definition) is 1. The zero-order valence-corrected chi connectivity index (χ0v) is 12.3. The first-order valence-corrected chi connectivity index (χ1v) is 7.33. The second kappa shape index (κ2) is 5.66. The van der Waals surface area contributed by atoms with Crippen LogP contribution in [0.1, 0.15) is 36.9 Å². The molecule has 0 amide bonds. The lowest BCUT2D eigenvalue weighted by Gasteiger charge is -2.14. The molecule has 0 radical (unpaired) electrons. The van der Waals surface area contributed by atoms with Gasteiger partial charge in [0.1, 0.15) is 6.10 Å². The number of benzene rings is 1. The van der Waals surface area contributed by atoms with Gasteiger partial charge in [0.25, 0.3) is 0 Å². The third-order valence-electron chi connectivity index (χ3n) is 3.76. The van der Waals surface area contributed by atoms with Gasteiger partial charge in [-0.05, 0) is 25.5 Å². The fourth-order valence-corrected chi connectivity index (χ4v) is 2.64. The molecule has 1 N–H and O–H groups in total. The maximum Gasteiger partial charge on any atom is 0.123 e. The number of para-hydroxylation sites is 1. The van der Waals surface area contributed by atoms with E-state index < -0.39 is 6.10 Å². The van der Waals surface area contributed by atoms with E-state index in [1.165, 1.54) is 0 Å². The van der Waals surface area contributed by atoms with Gasteiger partial charge in [0.15, 0.2) is 0 Å². The minimum Gasteiger partial charge on any atom is -0.382 e. The minimum absolute atomic E-state index is 0.712. The minimum atomic E-state index is -0.712. The van der Waals surface area contributed by atoms with Gasteiger partial charge < -0.3 is 5.11 Å². The molecular weight excluding hydrogens is 262 g/mol. The van der Waals surface area contributed by atoms with Crippen LogP contribution in [0.15, 0.2) is 42.6 Å². The van der Waals surface area contributed by atoms with E-state index in [1.54, 1.807) is 6.20 Å². The van der Waals surface area contributed by atoms with E-state index in [1.807, 2.05) is 48.0 Å². The molecule has 0 spiro atoms. The summed E-state index contributed by atoms with van der Waals surface area (Å²) in [7, 11) is 0. The Morgan fingerprint density at radius 2 is 2.00 bits per heavy atom. The molecule has 0 bridgehead atoms. The van der Waals surface area contributed by atoms with Crippen molar-refractivity contribution in [1.29, 1.82) is 0 Å². The van der Waals surface area contributed by atoms with Crippen molar-refractivity contribution >= 4 is 10.9 Å². The summed E-state index contributed by atoms with van der Waals surface area (Å²) >= 11 is 0. The van der Waals surface area contributed by atoms with E-state index in [-0.39, 0.29) is 0 Å². The predicted octanol–water partition coefficient (Wildman–Crippen LogP) is 3.10. The maximum absolute atomic E-state index is 10.8. The SMILES string of the molecule is CCc1cc(C(O)c2cccc3cccnc23)n(CC)n1. The number of nitrogens with zero attached hydrogens (tertiary/aromatic N) is 3. The monoisotopic (exact) mass is 281 g/mol. The Hall–Kier alpha value is -2.20. The lowest BCUT2D eigenvalue weighted by atomic mass is 10.0. The summed E-state index contributed by atoms with van der Waals surface area (Å²) in [5.74, 6) is 0. The highest BCUT2D eigenvalue weighted by Crippen LogP contribution is 2.28. The van der Waals surface area contributed by atoms with E-state index in [4.69, 9.17) is 0 Å². The Balaban J connectivity index is 2.12. The zero-order valence-electron chi connectivity index (χ0n) is 12.3. The molecule has 0 aliphatic heterocycles. The molecule has 3 aromatic rings. The first kappa shape index (κ1) is 13.8. The molecule has 21 heavy (non-hydrogen) atoms. The first-order valence-electron chi connectivity index (χ1n) is 7.33. The summed E-state index contributed by atoms with van der Waals surface area (Å²) < 4.78 is 1.87.